The fraction of sp³-hybridized carbons (Fsp3) is 0.273. The molecule has 18 heavy (non-hydrogen) atoms. The number of amides is 1. The Morgan fingerprint density at radius 3 is 2.72 bits per heavy atom. The summed E-state index contributed by atoms with van der Waals surface area (Å²) < 4.78 is 4.85. The molecule has 2 aromatic rings. The van der Waals surface area contributed by atoms with E-state index in [4.69, 9.17) is 4.52 Å². The van der Waals surface area contributed by atoms with Gasteiger partial charge in [0.1, 0.15) is 5.76 Å². The Morgan fingerprint density at radius 1 is 1.39 bits per heavy atom. The van der Waals surface area contributed by atoms with Crippen LogP contribution < -0.4 is 5.32 Å². The summed E-state index contributed by atoms with van der Waals surface area (Å²) in [5.74, 6) is 1.13. The quantitative estimate of drug-likeness (QED) is 0.670. The highest BCUT2D eigenvalue weighted by molar-refractivity contribution is 7.99. The minimum Gasteiger partial charge on any atom is -0.360 e. The van der Waals surface area contributed by atoms with Gasteiger partial charge in [0.25, 0.3) is 0 Å². The molecular weight excluding hydrogens is 252 g/mol. The van der Waals surface area contributed by atoms with Crippen molar-refractivity contribution < 1.29 is 9.32 Å². The standard InChI is InChI=1S/C11H12N4O2S/c1-7-4-12-11(13-5-7)18-6-10(16)14-9-3-8(2)17-15-9/h3-5H,6H2,1-2H3,(H,14,15,16). The molecule has 0 bridgehead atoms. The molecule has 0 spiro atoms. The van der Waals surface area contributed by atoms with Crippen molar-refractivity contribution in [1.29, 1.82) is 0 Å². The van der Waals surface area contributed by atoms with E-state index in [9.17, 15) is 4.79 Å². The van der Waals surface area contributed by atoms with Gasteiger partial charge < -0.3 is 9.84 Å². The lowest BCUT2D eigenvalue weighted by Gasteiger charge is -2.00. The number of nitrogens with zero attached hydrogens (tertiary/aromatic N) is 3. The minimum atomic E-state index is -0.169. The maximum atomic E-state index is 11.6. The van der Waals surface area contributed by atoms with Crippen molar-refractivity contribution in [1.82, 2.24) is 15.1 Å². The Hall–Kier alpha value is -1.89. The second-order valence-corrected chi connectivity index (χ2v) is 4.65. The zero-order valence-electron chi connectivity index (χ0n) is 10.0. The molecule has 2 aromatic heterocycles. The second-order valence-electron chi connectivity index (χ2n) is 3.70. The zero-order valence-corrected chi connectivity index (χ0v) is 10.8. The number of nitrogens with one attached hydrogen (secondary N) is 1. The number of carbonyl (C=O) groups is 1. The monoisotopic (exact) mass is 264 g/mol. The summed E-state index contributed by atoms with van der Waals surface area (Å²) >= 11 is 1.27. The van der Waals surface area contributed by atoms with Crippen LogP contribution in [0, 0.1) is 13.8 Å². The third-order valence-corrected chi connectivity index (χ3v) is 2.86. The molecule has 0 aliphatic heterocycles. The minimum absolute atomic E-state index is 0.169. The van der Waals surface area contributed by atoms with Crippen LogP contribution in [0.3, 0.4) is 0 Å². The third kappa shape index (κ3) is 3.56. The van der Waals surface area contributed by atoms with Crippen LogP contribution in [-0.4, -0.2) is 26.8 Å². The van der Waals surface area contributed by atoms with E-state index in [1.165, 1.54) is 11.8 Å². The first-order valence-corrected chi connectivity index (χ1v) is 6.26. The molecule has 94 valence electrons. The van der Waals surface area contributed by atoms with E-state index in [-0.39, 0.29) is 11.7 Å². The smallest absolute Gasteiger partial charge is 0.236 e. The lowest BCUT2D eigenvalue weighted by atomic mass is 10.4. The van der Waals surface area contributed by atoms with Crippen LogP contribution in [0.1, 0.15) is 11.3 Å². The second kappa shape index (κ2) is 5.63. The van der Waals surface area contributed by atoms with Crippen molar-refractivity contribution in [2.75, 3.05) is 11.1 Å². The maximum Gasteiger partial charge on any atom is 0.236 e. The fourth-order valence-corrected chi connectivity index (χ4v) is 1.78. The van der Waals surface area contributed by atoms with E-state index < -0.39 is 0 Å². The van der Waals surface area contributed by atoms with Crippen LogP contribution >= 0.6 is 11.8 Å². The fourth-order valence-electron chi connectivity index (χ4n) is 1.19. The molecule has 1 amide bonds. The van der Waals surface area contributed by atoms with Crippen molar-refractivity contribution in [3.05, 3.63) is 29.8 Å². The summed E-state index contributed by atoms with van der Waals surface area (Å²) in [6.45, 7) is 3.67. The number of anilines is 1. The Kier molecular flexibility index (Phi) is 3.93. The van der Waals surface area contributed by atoms with Gasteiger partial charge in [0.15, 0.2) is 11.0 Å². The van der Waals surface area contributed by atoms with E-state index in [1.807, 2.05) is 6.92 Å². The molecule has 0 aromatic carbocycles. The van der Waals surface area contributed by atoms with Crippen molar-refractivity contribution in [3.8, 4) is 0 Å². The Bertz CT molecular complexity index is 538. The molecule has 7 heteroatoms. The first kappa shape index (κ1) is 12.6. The predicted octanol–water partition coefficient (Wildman–Crippen LogP) is 1.81. The normalized spacial score (nSPS) is 10.3. The molecule has 0 unspecified atom stereocenters. The van der Waals surface area contributed by atoms with Crippen molar-refractivity contribution in [3.63, 3.8) is 0 Å². The van der Waals surface area contributed by atoms with Crippen LogP contribution in [-0.2, 0) is 4.79 Å². The summed E-state index contributed by atoms with van der Waals surface area (Å²) in [7, 11) is 0. The summed E-state index contributed by atoms with van der Waals surface area (Å²) in [5.41, 5.74) is 0.988. The van der Waals surface area contributed by atoms with Gasteiger partial charge in [-0.05, 0) is 19.4 Å². The number of rotatable bonds is 4. The first-order valence-electron chi connectivity index (χ1n) is 5.28. The van der Waals surface area contributed by atoms with E-state index in [0.717, 1.165) is 5.56 Å². The maximum absolute atomic E-state index is 11.6. The highest BCUT2D eigenvalue weighted by atomic mass is 32.2. The molecule has 0 aliphatic carbocycles. The van der Waals surface area contributed by atoms with Gasteiger partial charge in [0.2, 0.25) is 5.91 Å². The Morgan fingerprint density at radius 2 is 2.11 bits per heavy atom. The number of thioether (sulfide) groups is 1. The zero-order chi connectivity index (χ0) is 13.0. The average molecular weight is 264 g/mol. The molecular formula is C11H12N4O2S. The van der Waals surface area contributed by atoms with Crippen molar-refractivity contribution >= 4 is 23.5 Å². The molecule has 0 atom stereocenters. The average Bonchev–Trinajstić information content (AvgIpc) is 2.74. The van der Waals surface area contributed by atoms with E-state index >= 15 is 0 Å². The summed E-state index contributed by atoms with van der Waals surface area (Å²) in [6.07, 6.45) is 3.43. The van der Waals surface area contributed by atoms with Gasteiger partial charge in [0, 0.05) is 18.5 Å². The molecule has 2 rings (SSSR count). The molecule has 0 radical (unpaired) electrons. The van der Waals surface area contributed by atoms with Crippen LogP contribution in [0.2, 0.25) is 0 Å². The first-order chi connectivity index (χ1) is 8.63. The number of aromatic nitrogens is 3. The lowest BCUT2D eigenvalue weighted by molar-refractivity contribution is -0.113. The highest BCUT2D eigenvalue weighted by Gasteiger charge is 2.07. The summed E-state index contributed by atoms with van der Waals surface area (Å²) in [4.78, 5) is 19.8. The van der Waals surface area contributed by atoms with Crippen LogP contribution in [0.5, 0.6) is 0 Å². The van der Waals surface area contributed by atoms with Gasteiger partial charge in [-0.3, -0.25) is 4.79 Å². The molecule has 0 saturated carbocycles. The Labute approximate surface area is 108 Å². The van der Waals surface area contributed by atoms with Gasteiger partial charge >= 0.3 is 0 Å². The summed E-state index contributed by atoms with van der Waals surface area (Å²) in [6, 6.07) is 1.66. The number of hydrogen-bond donors (Lipinski definition) is 1. The lowest BCUT2D eigenvalue weighted by Crippen LogP contribution is -2.14. The van der Waals surface area contributed by atoms with Crippen molar-refractivity contribution in [2.45, 2.75) is 19.0 Å². The third-order valence-electron chi connectivity index (χ3n) is 1.99. The molecule has 0 saturated heterocycles. The number of hydrogen-bond acceptors (Lipinski definition) is 6. The molecule has 0 fully saturated rings. The number of aryl methyl sites for hydroxylation is 2. The van der Waals surface area contributed by atoms with Crippen molar-refractivity contribution in [2.24, 2.45) is 0 Å². The van der Waals surface area contributed by atoms with Crippen LogP contribution in [0.4, 0.5) is 5.82 Å². The molecule has 6 nitrogen and oxygen atoms in total. The molecule has 1 N–H and O–H groups in total. The largest absolute Gasteiger partial charge is 0.360 e. The summed E-state index contributed by atoms with van der Waals surface area (Å²) in [5, 5.41) is 6.88. The molecule has 0 aliphatic rings. The highest BCUT2D eigenvalue weighted by Crippen LogP contribution is 2.13. The van der Waals surface area contributed by atoms with Crippen LogP contribution in [0.25, 0.3) is 0 Å². The molecule has 2 heterocycles. The van der Waals surface area contributed by atoms with E-state index in [1.54, 1.807) is 25.4 Å². The van der Waals surface area contributed by atoms with Gasteiger partial charge in [-0.15, -0.1) is 0 Å². The van der Waals surface area contributed by atoms with E-state index in [0.29, 0.717) is 16.7 Å². The topological polar surface area (TPSA) is 80.9 Å². The van der Waals surface area contributed by atoms with Gasteiger partial charge in [0.05, 0.1) is 5.75 Å². The predicted molar refractivity (Wildman–Crippen MR) is 67.4 cm³/mol. The SMILES string of the molecule is Cc1cnc(SCC(=O)Nc2cc(C)on2)nc1. The van der Waals surface area contributed by atoms with Gasteiger partial charge in [-0.1, -0.05) is 16.9 Å². The Balaban J connectivity index is 1.83. The van der Waals surface area contributed by atoms with Gasteiger partial charge in [-0.2, -0.15) is 0 Å². The van der Waals surface area contributed by atoms with Crippen LogP contribution in [0.15, 0.2) is 28.1 Å². The van der Waals surface area contributed by atoms with Gasteiger partial charge in [-0.25, -0.2) is 9.97 Å². The van der Waals surface area contributed by atoms with E-state index in [2.05, 4.69) is 20.4 Å². The number of carbonyl (C=O) groups excluding carboxylic acids is 1.